The van der Waals surface area contributed by atoms with Crippen molar-refractivity contribution in [3.8, 4) is 0 Å². The van der Waals surface area contributed by atoms with E-state index in [-0.39, 0.29) is 17.6 Å². The minimum atomic E-state index is -0.321. The number of anilines is 1. The Morgan fingerprint density at radius 1 is 1.08 bits per heavy atom. The van der Waals surface area contributed by atoms with Crippen LogP contribution >= 0.6 is 11.6 Å². The Kier molecular flexibility index (Phi) is 4.45. The van der Waals surface area contributed by atoms with Crippen LogP contribution in [0.15, 0.2) is 42.5 Å². The number of carbonyl (C=O) groups excluding carboxylic acids is 2. The summed E-state index contributed by atoms with van der Waals surface area (Å²) in [5.74, 6) is -0.170. The number of halogens is 1. The maximum absolute atomic E-state index is 13.0. The third-order valence-corrected chi connectivity index (χ3v) is 5.66. The fraction of sp³-hybridized carbons (Fsp3) is 0.333. The van der Waals surface area contributed by atoms with Gasteiger partial charge >= 0.3 is 0 Å². The second kappa shape index (κ2) is 6.76. The number of hydrogen-bond donors (Lipinski definition) is 0. The van der Waals surface area contributed by atoms with E-state index in [1.54, 1.807) is 0 Å². The molecule has 0 aromatic heterocycles. The van der Waals surface area contributed by atoms with Gasteiger partial charge in [-0.1, -0.05) is 41.9 Å². The predicted octanol–water partition coefficient (Wildman–Crippen LogP) is 3.67. The van der Waals surface area contributed by atoms with Crippen LogP contribution in [0.2, 0.25) is 5.02 Å². The smallest absolute Gasteiger partial charge is 0.230 e. The lowest BCUT2D eigenvalue weighted by Gasteiger charge is -2.38. The van der Waals surface area contributed by atoms with Crippen molar-refractivity contribution in [3.63, 3.8) is 0 Å². The van der Waals surface area contributed by atoms with Gasteiger partial charge in [-0.3, -0.25) is 9.59 Å². The molecule has 0 radical (unpaired) electrons. The maximum atomic E-state index is 13.0. The highest BCUT2D eigenvalue weighted by atomic mass is 35.5. The highest BCUT2D eigenvalue weighted by Crippen LogP contribution is 2.34. The van der Waals surface area contributed by atoms with Gasteiger partial charge in [0.05, 0.1) is 5.92 Å². The number of fused-ring (bicyclic) bond motifs is 1. The van der Waals surface area contributed by atoms with E-state index in [1.165, 1.54) is 5.56 Å². The first-order valence-electron chi connectivity index (χ1n) is 8.96. The molecular weight excluding hydrogens is 348 g/mol. The number of ketones is 1. The number of carbonyl (C=O) groups is 2. The first-order chi connectivity index (χ1) is 12.5. The molecule has 1 amide bonds. The molecule has 0 bridgehead atoms. The van der Waals surface area contributed by atoms with Gasteiger partial charge in [0, 0.05) is 48.9 Å². The van der Waals surface area contributed by atoms with Crippen LogP contribution in [-0.2, 0) is 4.79 Å². The molecule has 4 nitrogen and oxygen atoms in total. The van der Waals surface area contributed by atoms with Gasteiger partial charge < -0.3 is 9.80 Å². The topological polar surface area (TPSA) is 40.6 Å². The molecule has 4 rings (SSSR count). The summed E-state index contributed by atoms with van der Waals surface area (Å²) in [5, 5.41) is 0.727. The summed E-state index contributed by atoms with van der Waals surface area (Å²) in [6.07, 6.45) is 0.297. The molecule has 1 atom stereocenters. The fourth-order valence-electron chi connectivity index (χ4n) is 3.99. The molecule has 26 heavy (non-hydrogen) atoms. The average Bonchev–Trinajstić information content (AvgIpc) is 3.00. The highest BCUT2D eigenvalue weighted by molar-refractivity contribution is 6.30. The number of aryl methyl sites for hydroxylation is 1. The number of rotatable bonds is 2. The lowest BCUT2D eigenvalue weighted by molar-refractivity contribution is -0.133. The van der Waals surface area contributed by atoms with Crippen molar-refractivity contribution in [1.82, 2.24) is 4.90 Å². The van der Waals surface area contributed by atoms with Crippen molar-refractivity contribution in [2.75, 3.05) is 31.1 Å². The molecule has 2 aromatic carbocycles. The van der Waals surface area contributed by atoms with E-state index >= 15 is 0 Å². The molecule has 1 saturated heterocycles. The Balaban J connectivity index is 1.46. The number of benzene rings is 2. The fourth-order valence-corrected chi connectivity index (χ4v) is 4.16. The zero-order chi connectivity index (χ0) is 18.3. The van der Waals surface area contributed by atoms with Crippen LogP contribution in [0, 0.1) is 6.92 Å². The lowest BCUT2D eigenvalue weighted by Crippen LogP contribution is -2.50. The van der Waals surface area contributed by atoms with Crippen molar-refractivity contribution in [2.45, 2.75) is 19.3 Å². The lowest BCUT2D eigenvalue weighted by atomic mass is 9.99. The van der Waals surface area contributed by atoms with E-state index in [9.17, 15) is 9.59 Å². The van der Waals surface area contributed by atoms with Crippen molar-refractivity contribution >= 4 is 29.0 Å². The molecule has 1 heterocycles. The number of piperazine rings is 1. The Morgan fingerprint density at radius 2 is 1.81 bits per heavy atom. The molecule has 0 spiro atoms. The molecule has 1 aliphatic carbocycles. The quantitative estimate of drug-likeness (QED) is 0.812. The summed E-state index contributed by atoms with van der Waals surface area (Å²) in [5.41, 5.74) is 3.91. The van der Waals surface area contributed by atoms with E-state index < -0.39 is 0 Å². The normalized spacial score (nSPS) is 19.6. The van der Waals surface area contributed by atoms with Crippen LogP contribution in [0.3, 0.4) is 0 Å². The Morgan fingerprint density at radius 3 is 2.58 bits per heavy atom. The van der Waals surface area contributed by atoms with E-state index in [1.807, 2.05) is 47.4 Å². The summed E-state index contributed by atoms with van der Waals surface area (Å²) in [6, 6.07) is 13.4. The van der Waals surface area contributed by atoms with Crippen LogP contribution in [0.25, 0.3) is 0 Å². The number of nitrogens with zero attached hydrogens (tertiary/aromatic N) is 2. The molecule has 0 unspecified atom stereocenters. The Labute approximate surface area is 158 Å². The number of Topliss-reactive ketones (excluding diaryl/α,β-unsaturated/α-hetero) is 1. The maximum Gasteiger partial charge on any atom is 0.230 e. The summed E-state index contributed by atoms with van der Waals surface area (Å²) < 4.78 is 0. The van der Waals surface area contributed by atoms with E-state index in [2.05, 4.69) is 11.8 Å². The van der Waals surface area contributed by atoms with Crippen LogP contribution in [0.1, 0.15) is 33.8 Å². The monoisotopic (exact) mass is 368 g/mol. The molecular formula is C21H21ClN2O2. The average molecular weight is 369 g/mol. The van der Waals surface area contributed by atoms with Gasteiger partial charge in [0.1, 0.15) is 0 Å². The van der Waals surface area contributed by atoms with Crippen LogP contribution in [0.4, 0.5) is 5.69 Å². The minimum absolute atomic E-state index is 0.0748. The van der Waals surface area contributed by atoms with Crippen molar-refractivity contribution in [3.05, 3.63) is 64.2 Å². The van der Waals surface area contributed by atoms with Crippen LogP contribution in [-0.4, -0.2) is 42.8 Å². The number of hydrogen-bond acceptors (Lipinski definition) is 3. The zero-order valence-corrected chi connectivity index (χ0v) is 15.5. The third kappa shape index (κ3) is 2.99. The Hall–Kier alpha value is -2.33. The third-order valence-electron chi connectivity index (χ3n) is 5.43. The largest absolute Gasteiger partial charge is 0.368 e. The second-order valence-electron chi connectivity index (χ2n) is 7.01. The first-order valence-corrected chi connectivity index (χ1v) is 9.34. The summed E-state index contributed by atoms with van der Waals surface area (Å²) in [4.78, 5) is 29.4. The van der Waals surface area contributed by atoms with Gasteiger partial charge in [-0.05, 0) is 30.2 Å². The molecule has 0 saturated carbocycles. The van der Waals surface area contributed by atoms with Gasteiger partial charge in [0.2, 0.25) is 5.91 Å². The molecule has 5 heteroatoms. The van der Waals surface area contributed by atoms with Gasteiger partial charge in [-0.15, -0.1) is 0 Å². The highest BCUT2D eigenvalue weighted by Gasteiger charge is 2.37. The zero-order valence-electron chi connectivity index (χ0n) is 14.7. The Bertz CT molecular complexity index is 872. The summed E-state index contributed by atoms with van der Waals surface area (Å²) in [7, 11) is 0. The molecule has 2 aromatic rings. The number of amides is 1. The first kappa shape index (κ1) is 17.1. The summed E-state index contributed by atoms with van der Waals surface area (Å²) in [6.45, 7) is 4.95. The van der Waals surface area contributed by atoms with Crippen molar-refractivity contribution in [1.29, 1.82) is 0 Å². The van der Waals surface area contributed by atoms with Crippen LogP contribution in [0.5, 0.6) is 0 Å². The van der Waals surface area contributed by atoms with Crippen LogP contribution < -0.4 is 4.90 Å². The van der Waals surface area contributed by atoms with E-state index in [0.29, 0.717) is 25.1 Å². The SMILES string of the molecule is Cc1ccc(Cl)cc1N1CCN(C(=O)[C@@H]2CC(=O)c3ccccc32)CC1. The standard InChI is InChI=1S/C21H21ClN2O2/c1-14-6-7-15(22)12-19(14)23-8-10-24(11-9-23)21(26)18-13-20(25)17-5-3-2-4-16(17)18/h2-7,12,18H,8-11,13H2,1H3/t18-/m1/s1. The molecule has 1 fully saturated rings. The van der Waals surface area contributed by atoms with Gasteiger partial charge in [-0.2, -0.15) is 0 Å². The molecule has 0 N–H and O–H groups in total. The van der Waals surface area contributed by atoms with E-state index in [4.69, 9.17) is 11.6 Å². The van der Waals surface area contributed by atoms with Gasteiger partial charge in [0.25, 0.3) is 0 Å². The summed E-state index contributed by atoms with van der Waals surface area (Å²) >= 11 is 6.14. The molecule has 134 valence electrons. The molecule has 2 aliphatic rings. The van der Waals surface area contributed by atoms with Gasteiger partial charge in [-0.25, -0.2) is 0 Å². The minimum Gasteiger partial charge on any atom is -0.368 e. The molecule has 1 aliphatic heterocycles. The predicted molar refractivity (Wildman–Crippen MR) is 103 cm³/mol. The van der Waals surface area contributed by atoms with Crippen molar-refractivity contribution < 1.29 is 9.59 Å². The van der Waals surface area contributed by atoms with Crippen molar-refractivity contribution in [2.24, 2.45) is 0 Å². The second-order valence-corrected chi connectivity index (χ2v) is 7.45. The van der Waals surface area contributed by atoms with Gasteiger partial charge in [0.15, 0.2) is 5.78 Å². The van der Waals surface area contributed by atoms with E-state index in [0.717, 1.165) is 29.4 Å².